The number of aliphatic hydroxyl groups is 1. The highest BCUT2D eigenvalue weighted by Gasteiger charge is 2.34. The minimum Gasteiger partial charge on any atom is -0.434 e. The Morgan fingerprint density at radius 3 is 2.48 bits per heavy atom. The van der Waals surface area contributed by atoms with Gasteiger partial charge in [-0.05, 0) is 93.9 Å². The summed E-state index contributed by atoms with van der Waals surface area (Å²) in [4.78, 5) is 43.6. The normalized spacial score (nSPS) is 16.5. The summed E-state index contributed by atoms with van der Waals surface area (Å²) in [5.74, 6) is -0.0678. The van der Waals surface area contributed by atoms with Crippen LogP contribution < -0.4 is 16.4 Å². The zero-order valence-electron chi connectivity index (χ0n) is 25.6. The van der Waals surface area contributed by atoms with Gasteiger partial charge in [-0.3, -0.25) is 14.4 Å². The van der Waals surface area contributed by atoms with Crippen LogP contribution in [0.5, 0.6) is 0 Å². The maximum Gasteiger partial charge on any atom is 0.266 e. The summed E-state index contributed by atoms with van der Waals surface area (Å²) < 4.78 is 5.46. The van der Waals surface area contributed by atoms with Crippen molar-refractivity contribution in [1.82, 2.24) is 20.5 Å². The molecule has 3 aromatic rings. The molecular formula is C33H46ClN5O5. The van der Waals surface area contributed by atoms with Gasteiger partial charge < -0.3 is 30.8 Å². The minimum atomic E-state index is -0.498. The number of para-hydroxylation sites is 2. The Labute approximate surface area is 264 Å². The predicted molar refractivity (Wildman–Crippen MR) is 172 cm³/mol. The highest BCUT2D eigenvalue weighted by atomic mass is 35.5. The monoisotopic (exact) mass is 627 g/mol. The number of carbonyl (C=O) groups is 3. The van der Waals surface area contributed by atoms with Gasteiger partial charge in [0.15, 0.2) is 5.58 Å². The lowest BCUT2D eigenvalue weighted by Gasteiger charge is -2.26. The molecule has 240 valence electrons. The molecule has 0 radical (unpaired) electrons. The van der Waals surface area contributed by atoms with Crippen LogP contribution in [0.1, 0.15) is 74.5 Å². The molecule has 2 aliphatic heterocycles. The van der Waals surface area contributed by atoms with Gasteiger partial charge >= 0.3 is 0 Å². The fourth-order valence-electron chi connectivity index (χ4n) is 5.13. The van der Waals surface area contributed by atoms with E-state index in [1.165, 1.54) is 12.8 Å². The topological polar surface area (TPSA) is 151 Å². The molecule has 1 unspecified atom stereocenters. The average Bonchev–Trinajstić information content (AvgIpc) is 3.73. The molecule has 11 heteroatoms. The lowest BCUT2D eigenvalue weighted by Crippen LogP contribution is -2.47. The van der Waals surface area contributed by atoms with E-state index in [1.54, 1.807) is 47.4 Å². The number of nitrogens with zero attached hydrogens (tertiary/aromatic N) is 2. The average molecular weight is 628 g/mol. The lowest BCUT2D eigenvalue weighted by atomic mass is 9.93. The summed E-state index contributed by atoms with van der Waals surface area (Å²) in [6.45, 7) is 5.49. The lowest BCUT2D eigenvalue weighted by molar-refractivity contribution is -0.138. The number of fused-ring (bicyclic) bond motifs is 1. The number of benzene rings is 2. The van der Waals surface area contributed by atoms with Crippen molar-refractivity contribution in [2.24, 2.45) is 11.7 Å². The Kier molecular flexibility index (Phi) is 15.3. The van der Waals surface area contributed by atoms with E-state index in [0.29, 0.717) is 41.4 Å². The number of oxazole rings is 1. The number of ketones is 1. The van der Waals surface area contributed by atoms with Crippen LogP contribution in [0, 0.1) is 5.92 Å². The first-order valence-electron chi connectivity index (χ1n) is 15.6. The van der Waals surface area contributed by atoms with Crippen molar-refractivity contribution >= 4 is 40.3 Å². The van der Waals surface area contributed by atoms with Crippen LogP contribution in [0.15, 0.2) is 52.9 Å². The second kappa shape index (κ2) is 19.2. The number of nitrogens with two attached hydrogens (primary N) is 1. The van der Waals surface area contributed by atoms with Crippen molar-refractivity contribution in [2.45, 2.75) is 70.9 Å². The Morgan fingerprint density at radius 1 is 1.11 bits per heavy atom. The molecule has 0 saturated carbocycles. The number of likely N-dealkylation sites (tertiary alicyclic amines) is 1. The van der Waals surface area contributed by atoms with E-state index >= 15 is 0 Å². The van der Waals surface area contributed by atoms with Crippen LogP contribution in [-0.4, -0.2) is 71.4 Å². The highest BCUT2D eigenvalue weighted by molar-refractivity contribution is 6.30. The molecule has 3 heterocycles. The summed E-state index contributed by atoms with van der Waals surface area (Å²) in [7, 11) is 0. The number of aliphatic hydroxyl groups excluding tert-OH is 1. The Balaban J connectivity index is 0.000000312. The van der Waals surface area contributed by atoms with E-state index in [9.17, 15) is 14.4 Å². The molecule has 0 bridgehead atoms. The molecule has 2 saturated heterocycles. The molecule has 1 atom stereocenters. The van der Waals surface area contributed by atoms with Gasteiger partial charge in [0.1, 0.15) is 11.6 Å². The highest BCUT2D eigenvalue weighted by Crippen LogP contribution is 2.23. The van der Waals surface area contributed by atoms with Gasteiger partial charge in [-0.15, -0.1) is 0 Å². The fourth-order valence-corrected chi connectivity index (χ4v) is 5.25. The molecule has 1 aromatic heterocycles. The smallest absolute Gasteiger partial charge is 0.266 e. The van der Waals surface area contributed by atoms with Crippen LogP contribution in [0.25, 0.3) is 11.1 Å². The number of unbranched alkanes of at least 4 members (excludes halogenated alkanes) is 1. The SMILES string of the molecule is CCCCN.O=C(CNC(=O)C1CCCN1C(=O)CCC1CCNCC1)c1nc2ccccc2o1.OCc1ccc(Cl)cc1. The first kappa shape index (κ1) is 35.2. The number of halogens is 1. The van der Waals surface area contributed by atoms with Crippen molar-refractivity contribution in [3.63, 3.8) is 0 Å². The summed E-state index contributed by atoms with van der Waals surface area (Å²) in [5, 5.41) is 15.3. The largest absolute Gasteiger partial charge is 0.434 e. The Morgan fingerprint density at radius 2 is 1.84 bits per heavy atom. The zero-order chi connectivity index (χ0) is 31.7. The third-order valence-electron chi connectivity index (χ3n) is 7.71. The van der Waals surface area contributed by atoms with E-state index < -0.39 is 6.04 Å². The Hall–Kier alpha value is -3.31. The van der Waals surface area contributed by atoms with Crippen LogP contribution in [-0.2, 0) is 16.2 Å². The van der Waals surface area contributed by atoms with E-state index in [1.807, 2.05) is 6.07 Å². The maximum atomic E-state index is 12.7. The van der Waals surface area contributed by atoms with Crippen LogP contribution in [0.4, 0.5) is 0 Å². The summed E-state index contributed by atoms with van der Waals surface area (Å²) in [6.07, 6.45) is 7.39. The number of carbonyl (C=O) groups excluding carboxylic acids is 3. The number of nitrogens with one attached hydrogen (secondary N) is 2. The van der Waals surface area contributed by atoms with Crippen molar-refractivity contribution in [1.29, 1.82) is 0 Å². The van der Waals surface area contributed by atoms with Gasteiger partial charge in [-0.25, -0.2) is 4.98 Å². The van der Waals surface area contributed by atoms with Gasteiger partial charge in [0, 0.05) is 18.0 Å². The number of piperidine rings is 1. The van der Waals surface area contributed by atoms with Gasteiger partial charge in [0.25, 0.3) is 5.89 Å². The quantitative estimate of drug-likeness (QED) is 0.240. The zero-order valence-corrected chi connectivity index (χ0v) is 26.4. The first-order chi connectivity index (χ1) is 21.4. The minimum absolute atomic E-state index is 0.0159. The molecule has 2 amide bonds. The van der Waals surface area contributed by atoms with E-state index in [-0.39, 0.29) is 36.6 Å². The summed E-state index contributed by atoms with van der Waals surface area (Å²) >= 11 is 5.59. The van der Waals surface area contributed by atoms with Gasteiger partial charge in [-0.2, -0.15) is 0 Å². The second-order valence-corrected chi connectivity index (χ2v) is 11.5. The number of hydrogen-bond donors (Lipinski definition) is 4. The van der Waals surface area contributed by atoms with Gasteiger partial charge in [-0.1, -0.05) is 49.2 Å². The fraction of sp³-hybridized carbons (Fsp3) is 0.515. The van der Waals surface area contributed by atoms with Crippen molar-refractivity contribution < 1.29 is 23.9 Å². The molecule has 0 aliphatic carbocycles. The van der Waals surface area contributed by atoms with Crippen molar-refractivity contribution in [2.75, 3.05) is 32.7 Å². The number of rotatable bonds is 10. The van der Waals surface area contributed by atoms with Gasteiger partial charge in [0.2, 0.25) is 17.6 Å². The number of hydrogen-bond acceptors (Lipinski definition) is 8. The number of amides is 2. The third kappa shape index (κ3) is 11.3. The molecule has 10 nitrogen and oxygen atoms in total. The standard InChI is InChI=1S/C22H28N4O4.C7H7ClO.C4H11N/c27-18(22-25-16-4-1-2-6-19(16)30-22)14-24-21(29)17-5-3-13-26(17)20(28)8-7-15-9-11-23-12-10-15;8-7-3-1-6(5-9)2-4-7;1-2-3-4-5/h1-2,4,6,15,17,23H,3,5,7-14H2,(H,24,29);1-4,9H,5H2;2-5H2,1H3. The molecule has 2 aromatic carbocycles. The molecular weight excluding hydrogens is 582 g/mol. The molecule has 5 rings (SSSR count). The van der Waals surface area contributed by atoms with Crippen molar-refractivity contribution in [3.8, 4) is 0 Å². The molecule has 5 N–H and O–H groups in total. The third-order valence-corrected chi connectivity index (χ3v) is 7.96. The predicted octanol–water partition coefficient (Wildman–Crippen LogP) is 4.48. The first-order valence-corrected chi connectivity index (χ1v) is 16.0. The summed E-state index contributed by atoms with van der Waals surface area (Å²) in [6, 6.07) is 13.7. The number of Topliss-reactive ketones (excluding diaryl/α,β-unsaturated/α-hetero) is 1. The molecule has 0 spiro atoms. The van der Waals surface area contributed by atoms with E-state index in [2.05, 4.69) is 22.5 Å². The maximum absolute atomic E-state index is 12.7. The number of aromatic nitrogens is 1. The molecule has 2 aliphatic rings. The van der Waals surface area contributed by atoms with Crippen LogP contribution in [0.3, 0.4) is 0 Å². The van der Waals surface area contributed by atoms with E-state index in [4.69, 9.17) is 26.9 Å². The Bertz CT molecular complexity index is 1270. The summed E-state index contributed by atoms with van der Waals surface area (Å²) in [5.41, 5.74) is 7.17. The molecule has 44 heavy (non-hydrogen) atoms. The van der Waals surface area contributed by atoms with E-state index in [0.717, 1.165) is 50.9 Å². The van der Waals surface area contributed by atoms with Crippen LogP contribution in [0.2, 0.25) is 5.02 Å². The molecule has 2 fully saturated rings. The van der Waals surface area contributed by atoms with Crippen molar-refractivity contribution in [3.05, 3.63) is 65.0 Å². The van der Waals surface area contributed by atoms with Crippen LogP contribution >= 0.6 is 11.6 Å². The second-order valence-electron chi connectivity index (χ2n) is 11.0. The van der Waals surface area contributed by atoms with Gasteiger partial charge in [0.05, 0.1) is 13.2 Å².